The number of anilines is 1. The third kappa shape index (κ3) is 9.52. The van der Waals surface area contributed by atoms with E-state index in [1.807, 2.05) is 20.8 Å². The quantitative estimate of drug-likeness (QED) is 0.351. The third-order valence-corrected chi connectivity index (χ3v) is 9.76. The van der Waals surface area contributed by atoms with Gasteiger partial charge in [-0.05, 0) is 82.5 Å². The van der Waals surface area contributed by atoms with Crippen LogP contribution in [0.3, 0.4) is 0 Å². The highest BCUT2D eigenvalue weighted by Gasteiger charge is 2.31. The van der Waals surface area contributed by atoms with Crippen molar-refractivity contribution in [2.45, 2.75) is 70.1 Å². The molecule has 2 amide bonds. The summed E-state index contributed by atoms with van der Waals surface area (Å²) >= 11 is 0. The van der Waals surface area contributed by atoms with Crippen LogP contribution in [0.25, 0.3) is 0 Å². The molecule has 3 aromatic rings. The van der Waals surface area contributed by atoms with E-state index in [9.17, 15) is 23.1 Å². The number of fused-ring (bicyclic) bond motifs is 1. The number of aromatic nitrogens is 1. The van der Waals surface area contributed by atoms with Gasteiger partial charge in [0.15, 0.2) is 0 Å². The predicted molar refractivity (Wildman–Crippen MR) is 180 cm³/mol. The van der Waals surface area contributed by atoms with Crippen molar-refractivity contribution in [3.8, 4) is 5.75 Å². The van der Waals surface area contributed by atoms with Crippen molar-refractivity contribution in [2.75, 3.05) is 38.1 Å². The second-order valence-corrected chi connectivity index (χ2v) is 14.0. The summed E-state index contributed by atoms with van der Waals surface area (Å²) in [4.78, 5) is 34.8. The van der Waals surface area contributed by atoms with Gasteiger partial charge in [-0.2, -0.15) is 0 Å². The lowest BCUT2D eigenvalue weighted by Gasteiger charge is -2.36. The van der Waals surface area contributed by atoms with Crippen molar-refractivity contribution in [1.29, 1.82) is 0 Å². The zero-order chi connectivity index (χ0) is 34.1. The lowest BCUT2D eigenvalue weighted by Crippen LogP contribution is -2.48. The van der Waals surface area contributed by atoms with Gasteiger partial charge in [-0.1, -0.05) is 24.6 Å². The molecule has 0 spiro atoms. The highest BCUT2D eigenvalue weighted by molar-refractivity contribution is 7.92. The van der Waals surface area contributed by atoms with Gasteiger partial charge in [-0.3, -0.25) is 19.3 Å². The SMILES string of the molecule is Cc1ccc(S(=O)(=O)Nc2ccc3c(c2)C(=O)N([C@H](C)CO)C[C@H](C)[C@@H](CN(C)C(=O)c2ccncc2)OCCCC[C@@H](C)O3)cc1. The van der Waals surface area contributed by atoms with Crippen molar-refractivity contribution < 1.29 is 32.6 Å². The average Bonchev–Trinajstić information content (AvgIpc) is 3.06. The van der Waals surface area contributed by atoms with Gasteiger partial charge in [0.1, 0.15) is 5.75 Å². The predicted octanol–water partition coefficient (Wildman–Crippen LogP) is 4.76. The van der Waals surface area contributed by atoms with Gasteiger partial charge in [0, 0.05) is 56.3 Å². The molecule has 2 heterocycles. The minimum atomic E-state index is -3.93. The van der Waals surface area contributed by atoms with Crippen LogP contribution in [0.4, 0.5) is 5.69 Å². The van der Waals surface area contributed by atoms with E-state index in [0.717, 1.165) is 18.4 Å². The third-order valence-electron chi connectivity index (χ3n) is 8.36. The molecule has 12 heteroatoms. The Hall–Kier alpha value is -4.00. The van der Waals surface area contributed by atoms with E-state index in [1.54, 1.807) is 72.6 Å². The summed E-state index contributed by atoms with van der Waals surface area (Å²) in [6.07, 6.45) is 4.81. The van der Waals surface area contributed by atoms with Crippen LogP contribution in [0.1, 0.15) is 66.3 Å². The number of amides is 2. The summed E-state index contributed by atoms with van der Waals surface area (Å²) in [6.45, 7) is 8.18. The van der Waals surface area contributed by atoms with Crippen molar-refractivity contribution in [2.24, 2.45) is 5.92 Å². The largest absolute Gasteiger partial charge is 0.490 e. The Morgan fingerprint density at radius 2 is 1.81 bits per heavy atom. The number of hydrogen-bond donors (Lipinski definition) is 2. The summed E-state index contributed by atoms with van der Waals surface area (Å²) < 4.78 is 41.6. The van der Waals surface area contributed by atoms with Gasteiger partial charge in [0.05, 0.1) is 35.3 Å². The summed E-state index contributed by atoms with van der Waals surface area (Å²) in [5.74, 6) is -0.500. The molecule has 1 aliphatic rings. The van der Waals surface area contributed by atoms with E-state index in [1.165, 1.54) is 18.2 Å². The van der Waals surface area contributed by atoms with Gasteiger partial charge >= 0.3 is 0 Å². The Labute approximate surface area is 278 Å². The fourth-order valence-electron chi connectivity index (χ4n) is 5.45. The summed E-state index contributed by atoms with van der Waals surface area (Å²) in [5.41, 5.74) is 1.82. The molecule has 0 bridgehead atoms. The number of rotatable bonds is 8. The molecule has 0 fully saturated rings. The number of ether oxygens (including phenoxy) is 2. The summed E-state index contributed by atoms with van der Waals surface area (Å²) in [6, 6.07) is 13.9. The fraction of sp³-hybridized carbons (Fsp3) is 0.457. The maximum atomic E-state index is 14.4. The van der Waals surface area contributed by atoms with E-state index in [-0.39, 0.29) is 47.2 Å². The van der Waals surface area contributed by atoms with Crippen LogP contribution < -0.4 is 9.46 Å². The number of carbonyl (C=O) groups is 2. The minimum Gasteiger partial charge on any atom is -0.490 e. The number of hydrogen-bond acceptors (Lipinski definition) is 8. The van der Waals surface area contributed by atoms with Crippen LogP contribution in [0.15, 0.2) is 71.9 Å². The van der Waals surface area contributed by atoms with E-state index in [4.69, 9.17) is 9.47 Å². The lowest BCUT2D eigenvalue weighted by molar-refractivity contribution is -0.0149. The van der Waals surface area contributed by atoms with Crippen molar-refractivity contribution >= 4 is 27.5 Å². The van der Waals surface area contributed by atoms with Crippen LogP contribution in [-0.4, -0.2) is 91.7 Å². The van der Waals surface area contributed by atoms with Crippen LogP contribution in [0, 0.1) is 12.8 Å². The smallest absolute Gasteiger partial charge is 0.261 e. The highest BCUT2D eigenvalue weighted by Crippen LogP contribution is 2.29. The topological polar surface area (TPSA) is 138 Å². The summed E-state index contributed by atoms with van der Waals surface area (Å²) in [7, 11) is -2.21. The number of benzene rings is 2. The molecule has 2 N–H and O–H groups in total. The highest BCUT2D eigenvalue weighted by atomic mass is 32.2. The second kappa shape index (κ2) is 16.2. The molecule has 0 radical (unpaired) electrons. The van der Waals surface area contributed by atoms with Crippen LogP contribution in [0.2, 0.25) is 0 Å². The van der Waals surface area contributed by atoms with E-state index in [0.29, 0.717) is 30.9 Å². The maximum absolute atomic E-state index is 14.4. The number of sulfonamides is 1. The molecule has 2 aromatic carbocycles. The zero-order valence-corrected chi connectivity index (χ0v) is 28.6. The van der Waals surface area contributed by atoms with Gasteiger partial charge in [-0.25, -0.2) is 8.42 Å². The van der Waals surface area contributed by atoms with Gasteiger partial charge in [-0.15, -0.1) is 0 Å². The second-order valence-electron chi connectivity index (χ2n) is 12.4. The Balaban J connectivity index is 1.66. The van der Waals surface area contributed by atoms with E-state index >= 15 is 0 Å². The van der Waals surface area contributed by atoms with E-state index in [2.05, 4.69) is 9.71 Å². The summed E-state index contributed by atoms with van der Waals surface area (Å²) in [5, 5.41) is 10.2. The first-order valence-electron chi connectivity index (χ1n) is 16.0. The number of likely N-dealkylation sites (N-methyl/N-ethyl adjacent to an activating group) is 1. The zero-order valence-electron chi connectivity index (χ0n) is 27.8. The molecule has 11 nitrogen and oxygen atoms in total. The number of aliphatic hydroxyl groups is 1. The lowest BCUT2D eigenvalue weighted by atomic mass is 10.0. The molecule has 1 aromatic heterocycles. The van der Waals surface area contributed by atoms with E-state index < -0.39 is 28.1 Å². The number of carbonyl (C=O) groups excluding carboxylic acids is 2. The standard InChI is InChI=1S/C35H46N4O7S/c1-24-9-12-30(13-10-24)47(43,44)37-29-11-14-32-31(20-29)35(42)39(26(3)23-40)21-25(2)33(45-19-7-6-8-27(4)46-32)22-38(5)34(41)28-15-17-36-18-16-28/h9-18,20,25-27,33,37,40H,6-8,19,21-23H2,1-5H3/t25-,26+,27+,33+/m0/s1. The molecule has 47 heavy (non-hydrogen) atoms. The van der Waals surface area contributed by atoms with Crippen LogP contribution in [-0.2, 0) is 14.8 Å². The first-order valence-corrected chi connectivity index (χ1v) is 17.5. The number of aliphatic hydroxyl groups excluding tert-OH is 1. The molecule has 0 saturated heterocycles. The fourth-order valence-corrected chi connectivity index (χ4v) is 6.50. The molecule has 1 aliphatic heterocycles. The molecule has 0 saturated carbocycles. The average molecular weight is 667 g/mol. The van der Waals surface area contributed by atoms with Gasteiger partial charge in [0.25, 0.3) is 21.8 Å². The first kappa shape index (κ1) is 35.8. The van der Waals surface area contributed by atoms with Crippen molar-refractivity contribution in [1.82, 2.24) is 14.8 Å². The first-order chi connectivity index (χ1) is 22.4. The minimum absolute atomic E-state index is 0.0992. The Morgan fingerprint density at radius 3 is 2.49 bits per heavy atom. The van der Waals surface area contributed by atoms with Gasteiger partial charge in [0.2, 0.25) is 0 Å². The number of nitrogens with one attached hydrogen (secondary N) is 1. The van der Waals surface area contributed by atoms with Crippen molar-refractivity contribution in [3.63, 3.8) is 0 Å². The molecular formula is C35H46N4O7S. The Bertz CT molecular complexity index is 1600. The number of aryl methyl sites for hydroxylation is 1. The normalized spacial score (nSPS) is 20.3. The van der Waals surface area contributed by atoms with Gasteiger partial charge < -0.3 is 24.4 Å². The number of pyridine rings is 1. The monoisotopic (exact) mass is 666 g/mol. The number of nitrogens with zero attached hydrogens (tertiary/aromatic N) is 3. The Morgan fingerprint density at radius 1 is 1.11 bits per heavy atom. The molecule has 0 aliphatic carbocycles. The van der Waals surface area contributed by atoms with Crippen LogP contribution in [0.5, 0.6) is 5.75 Å². The molecule has 254 valence electrons. The molecule has 0 unspecified atom stereocenters. The molecular weight excluding hydrogens is 620 g/mol. The van der Waals surface area contributed by atoms with Crippen LogP contribution >= 0.6 is 0 Å². The maximum Gasteiger partial charge on any atom is 0.261 e. The Kier molecular flexibility index (Phi) is 12.4. The molecule has 4 atom stereocenters. The molecule has 4 rings (SSSR count). The van der Waals surface area contributed by atoms with Crippen molar-refractivity contribution in [3.05, 3.63) is 83.7 Å².